The van der Waals surface area contributed by atoms with Gasteiger partial charge in [0.2, 0.25) is 17.7 Å². The highest BCUT2D eigenvalue weighted by Crippen LogP contribution is 2.54. The van der Waals surface area contributed by atoms with E-state index >= 15 is 0 Å². The molecule has 3 unspecified atom stereocenters. The zero-order valence-electron chi connectivity index (χ0n) is 22.6. The van der Waals surface area contributed by atoms with E-state index in [1.807, 2.05) is 79.5 Å². The largest absolute Gasteiger partial charge is 0.350 e. The highest BCUT2D eigenvalue weighted by atomic mass is 16.2. The van der Waals surface area contributed by atoms with E-state index < -0.39 is 17.0 Å². The van der Waals surface area contributed by atoms with Crippen LogP contribution >= 0.6 is 0 Å². The van der Waals surface area contributed by atoms with Crippen LogP contribution in [0.4, 0.5) is 0 Å². The fourth-order valence-corrected chi connectivity index (χ4v) is 6.31. The third-order valence-corrected chi connectivity index (χ3v) is 8.20. The van der Waals surface area contributed by atoms with Crippen molar-refractivity contribution >= 4 is 28.6 Å². The summed E-state index contributed by atoms with van der Waals surface area (Å²) >= 11 is 0. The van der Waals surface area contributed by atoms with E-state index in [1.165, 1.54) is 0 Å². The molecular weight excluding hydrogens is 478 g/mol. The van der Waals surface area contributed by atoms with E-state index in [0.717, 1.165) is 34.9 Å². The topological polar surface area (TPSA) is 101 Å². The van der Waals surface area contributed by atoms with Crippen molar-refractivity contribution in [1.29, 1.82) is 0 Å². The van der Waals surface area contributed by atoms with Gasteiger partial charge < -0.3 is 25.4 Å². The summed E-state index contributed by atoms with van der Waals surface area (Å²) in [5.41, 5.74) is 7.43. The Morgan fingerprint density at radius 1 is 1.11 bits per heavy atom. The fourth-order valence-electron chi connectivity index (χ4n) is 6.31. The van der Waals surface area contributed by atoms with Gasteiger partial charge in [-0.05, 0) is 43.9 Å². The van der Waals surface area contributed by atoms with Gasteiger partial charge in [0.25, 0.3) is 0 Å². The third-order valence-electron chi connectivity index (χ3n) is 8.20. The van der Waals surface area contributed by atoms with E-state index in [-0.39, 0.29) is 23.8 Å². The van der Waals surface area contributed by atoms with Gasteiger partial charge in [-0.1, -0.05) is 48.5 Å². The van der Waals surface area contributed by atoms with Gasteiger partial charge in [0.1, 0.15) is 6.04 Å². The minimum atomic E-state index is -1.13. The van der Waals surface area contributed by atoms with E-state index in [9.17, 15) is 14.4 Å². The Morgan fingerprint density at radius 2 is 1.79 bits per heavy atom. The maximum atomic E-state index is 14.1. The number of piperidine rings is 1. The van der Waals surface area contributed by atoms with Crippen molar-refractivity contribution in [2.75, 3.05) is 20.1 Å². The molecule has 2 saturated heterocycles. The summed E-state index contributed by atoms with van der Waals surface area (Å²) in [4.78, 5) is 44.0. The maximum absolute atomic E-state index is 14.1. The number of rotatable bonds is 6. The van der Waals surface area contributed by atoms with Gasteiger partial charge in [0.15, 0.2) is 0 Å². The van der Waals surface area contributed by atoms with Crippen LogP contribution in [0.2, 0.25) is 0 Å². The molecule has 0 radical (unpaired) electrons. The third kappa shape index (κ3) is 4.36. The molecule has 200 valence electrons. The lowest BCUT2D eigenvalue weighted by molar-refractivity contribution is -0.179. The molecular formula is C30H37N5O3. The van der Waals surface area contributed by atoms with Crippen LogP contribution in [0.15, 0.2) is 60.8 Å². The van der Waals surface area contributed by atoms with Crippen LogP contribution in [0.25, 0.3) is 10.9 Å². The number of aryl methyl sites for hydroxylation is 1. The van der Waals surface area contributed by atoms with Gasteiger partial charge >= 0.3 is 0 Å². The van der Waals surface area contributed by atoms with E-state index in [0.29, 0.717) is 19.5 Å². The number of benzene rings is 2. The van der Waals surface area contributed by atoms with Crippen LogP contribution in [-0.2, 0) is 27.9 Å². The van der Waals surface area contributed by atoms with Crippen molar-refractivity contribution in [2.24, 2.45) is 18.2 Å². The summed E-state index contributed by atoms with van der Waals surface area (Å²) in [5, 5.41) is 3.99. The number of amides is 3. The average molecular weight is 516 g/mol. The standard InChI is InChI=1S/C30H37N5O3/c1-29(2,31)27(37)32-23(17-21-18-33(3)24-14-9-8-13-22(21)24)26(36)35-16-10-15-30(19-35)25(34(4)28(30)38)20-11-6-5-7-12-20/h5-9,11-14,18,23,25H,10,15-17,19,31H2,1-4H3,(H,32,37). The van der Waals surface area contributed by atoms with Crippen molar-refractivity contribution in [1.82, 2.24) is 19.7 Å². The van der Waals surface area contributed by atoms with Crippen LogP contribution in [0.3, 0.4) is 0 Å². The van der Waals surface area contributed by atoms with E-state index in [2.05, 4.69) is 5.32 Å². The molecule has 3 heterocycles. The zero-order valence-corrected chi connectivity index (χ0v) is 22.6. The minimum Gasteiger partial charge on any atom is -0.350 e. The molecule has 38 heavy (non-hydrogen) atoms. The van der Waals surface area contributed by atoms with Crippen molar-refractivity contribution < 1.29 is 14.4 Å². The molecule has 0 saturated carbocycles. The Kier molecular flexibility index (Phi) is 6.55. The summed E-state index contributed by atoms with van der Waals surface area (Å²) in [5.74, 6) is -0.491. The monoisotopic (exact) mass is 515 g/mol. The smallest absolute Gasteiger partial charge is 0.245 e. The first-order valence-electron chi connectivity index (χ1n) is 13.3. The summed E-state index contributed by atoms with van der Waals surface area (Å²) in [6.07, 6.45) is 3.81. The molecule has 0 bridgehead atoms. The number of β-lactam (4-membered cyclic amide) rings is 1. The number of carbonyl (C=O) groups is 3. The van der Waals surface area contributed by atoms with E-state index in [4.69, 9.17) is 5.73 Å². The molecule has 3 atom stereocenters. The van der Waals surface area contributed by atoms with Gasteiger partial charge in [0, 0.05) is 50.7 Å². The average Bonchev–Trinajstić information content (AvgIpc) is 3.23. The molecule has 2 aromatic carbocycles. The number of nitrogens with one attached hydrogen (secondary N) is 1. The van der Waals surface area contributed by atoms with Crippen molar-refractivity contribution in [3.05, 3.63) is 71.9 Å². The highest BCUT2D eigenvalue weighted by Gasteiger charge is 2.61. The molecule has 3 amide bonds. The maximum Gasteiger partial charge on any atom is 0.245 e. The Labute approximate surface area is 223 Å². The van der Waals surface area contributed by atoms with Crippen LogP contribution < -0.4 is 11.1 Å². The number of aromatic nitrogens is 1. The second kappa shape index (κ2) is 9.58. The van der Waals surface area contributed by atoms with Gasteiger partial charge in [-0.25, -0.2) is 0 Å². The first-order valence-corrected chi connectivity index (χ1v) is 13.3. The van der Waals surface area contributed by atoms with Crippen molar-refractivity contribution in [2.45, 2.75) is 50.7 Å². The predicted molar refractivity (Wildman–Crippen MR) is 147 cm³/mol. The number of likely N-dealkylation sites (tertiary alicyclic amines) is 2. The number of fused-ring (bicyclic) bond motifs is 1. The molecule has 8 nitrogen and oxygen atoms in total. The van der Waals surface area contributed by atoms with Crippen molar-refractivity contribution in [3.8, 4) is 0 Å². The lowest BCUT2D eigenvalue weighted by Crippen LogP contribution is -2.68. The summed E-state index contributed by atoms with van der Waals surface area (Å²) in [6.45, 7) is 4.14. The number of para-hydroxylation sites is 1. The second-order valence-electron chi connectivity index (χ2n) is 11.5. The predicted octanol–water partition coefficient (Wildman–Crippen LogP) is 2.77. The first-order chi connectivity index (χ1) is 18.0. The molecule has 8 heteroatoms. The number of carbonyl (C=O) groups excluding carboxylic acids is 3. The van der Waals surface area contributed by atoms with Crippen molar-refractivity contribution in [3.63, 3.8) is 0 Å². The Morgan fingerprint density at radius 3 is 2.50 bits per heavy atom. The molecule has 0 aliphatic carbocycles. The summed E-state index contributed by atoms with van der Waals surface area (Å²) in [7, 11) is 3.81. The first kappa shape index (κ1) is 26.0. The van der Waals surface area contributed by atoms with Gasteiger partial charge in [-0.15, -0.1) is 0 Å². The van der Waals surface area contributed by atoms with Crippen LogP contribution in [0.1, 0.15) is 43.9 Å². The highest BCUT2D eigenvalue weighted by molar-refractivity contribution is 5.94. The Hall–Kier alpha value is -3.65. The molecule has 1 aromatic heterocycles. The van der Waals surface area contributed by atoms with Crippen LogP contribution in [-0.4, -0.2) is 63.8 Å². The fraction of sp³-hybridized carbons (Fsp3) is 0.433. The Bertz CT molecular complexity index is 1380. The normalized spacial score (nSPS) is 22.4. The van der Waals surface area contributed by atoms with Crippen LogP contribution in [0.5, 0.6) is 0 Å². The number of hydrogen-bond acceptors (Lipinski definition) is 4. The van der Waals surface area contributed by atoms with Gasteiger partial charge in [-0.2, -0.15) is 0 Å². The lowest BCUT2D eigenvalue weighted by atomic mass is 9.63. The number of nitrogens with two attached hydrogens (primary N) is 1. The molecule has 2 aliphatic rings. The molecule has 2 aliphatic heterocycles. The second-order valence-corrected chi connectivity index (χ2v) is 11.5. The lowest BCUT2D eigenvalue weighted by Gasteiger charge is -2.58. The summed E-state index contributed by atoms with van der Waals surface area (Å²) < 4.78 is 2.03. The molecule has 3 N–H and O–H groups in total. The molecule has 2 fully saturated rings. The van der Waals surface area contributed by atoms with Gasteiger partial charge in [-0.3, -0.25) is 14.4 Å². The zero-order chi connectivity index (χ0) is 27.2. The van der Waals surface area contributed by atoms with Gasteiger partial charge in [0.05, 0.1) is 17.0 Å². The molecule has 5 rings (SSSR count). The number of nitrogens with zero attached hydrogens (tertiary/aromatic N) is 3. The SMILES string of the molecule is CN1C(=O)C2(CCCN(C(=O)C(Cc3cn(C)c4ccccc34)NC(=O)C(C)(C)N)C2)C1c1ccccc1. The van der Waals surface area contributed by atoms with Crippen LogP contribution in [0, 0.1) is 5.41 Å². The summed E-state index contributed by atoms with van der Waals surface area (Å²) in [6, 6.07) is 17.2. The van der Waals surface area contributed by atoms with E-state index in [1.54, 1.807) is 23.6 Å². The minimum absolute atomic E-state index is 0.0709. The molecule has 1 spiro atoms. The quantitative estimate of drug-likeness (QED) is 0.493. The molecule has 3 aromatic rings. The number of hydrogen-bond donors (Lipinski definition) is 2. The Balaban J connectivity index is 1.45.